The lowest BCUT2D eigenvalue weighted by Gasteiger charge is -2.24. The van der Waals surface area contributed by atoms with Crippen LogP contribution in [0.1, 0.15) is 26.2 Å². The molecule has 1 amide bonds. The minimum absolute atomic E-state index is 0.0888. The summed E-state index contributed by atoms with van der Waals surface area (Å²) in [5.41, 5.74) is 0. The van der Waals surface area contributed by atoms with Crippen molar-refractivity contribution in [2.24, 2.45) is 0 Å². The highest BCUT2D eigenvalue weighted by Crippen LogP contribution is 2.20. The van der Waals surface area contributed by atoms with E-state index >= 15 is 0 Å². The first-order valence-electron chi connectivity index (χ1n) is 6.44. The van der Waals surface area contributed by atoms with Gasteiger partial charge in [-0.05, 0) is 39.4 Å². The third-order valence-corrected chi connectivity index (χ3v) is 3.69. The van der Waals surface area contributed by atoms with Gasteiger partial charge in [-0.25, -0.2) is 0 Å². The Morgan fingerprint density at radius 1 is 1.38 bits per heavy atom. The zero-order chi connectivity index (χ0) is 11.5. The van der Waals surface area contributed by atoms with Crippen molar-refractivity contribution >= 4 is 5.91 Å². The number of nitrogens with one attached hydrogen (secondary N) is 1. The summed E-state index contributed by atoms with van der Waals surface area (Å²) in [6, 6.07) is 0.553. The summed E-state index contributed by atoms with van der Waals surface area (Å²) in [7, 11) is 2.13. The Labute approximate surface area is 98.0 Å². The highest BCUT2D eigenvalue weighted by atomic mass is 16.2. The molecule has 16 heavy (non-hydrogen) atoms. The maximum atomic E-state index is 12.1. The predicted octanol–water partition coefficient (Wildman–Crippen LogP) is 0.291. The maximum Gasteiger partial charge on any atom is 0.240 e. The smallest absolute Gasteiger partial charge is 0.240 e. The fraction of sp³-hybridized carbons (Fsp3) is 0.917. The molecular formula is C12H23N3O. The molecule has 2 rings (SSSR count). The number of likely N-dealkylation sites (N-methyl/N-ethyl adjacent to an activating group) is 1. The van der Waals surface area contributed by atoms with Crippen LogP contribution in [-0.4, -0.2) is 61.0 Å². The number of rotatable bonds is 4. The SMILES string of the molecule is CCCNC1CCN(C2CCN(C)C2)C1=O. The molecule has 2 saturated heterocycles. The lowest BCUT2D eigenvalue weighted by molar-refractivity contribution is -0.131. The predicted molar refractivity (Wildman–Crippen MR) is 64.3 cm³/mol. The van der Waals surface area contributed by atoms with Crippen molar-refractivity contribution in [1.29, 1.82) is 0 Å². The second kappa shape index (κ2) is 5.15. The molecule has 0 radical (unpaired) electrons. The second-order valence-electron chi connectivity index (χ2n) is 5.03. The van der Waals surface area contributed by atoms with Crippen molar-refractivity contribution in [2.75, 3.05) is 33.2 Å². The highest BCUT2D eigenvalue weighted by Gasteiger charge is 2.37. The molecule has 4 heteroatoms. The molecular weight excluding hydrogens is 202 g/mol. The molecule has 4 nitrogen and oxygen atoms in total. The minimum Gasteiger partial charge on any atom is -0.337 e. The lowest BCUT2D eigenvalue weighted by atomic mass is 10.2. The molecule has 1 N–H and O–H groups in total. The maximum absolute atomic E-state index is 12.1. The van der Waals surface area contributed by atoms with Crippen molar-refractivity contribution < 1.29 is 4.79 Å². The molecule has 2 atom stereocenters. The van der Waals surface area contributed by atoms with Crippen molar-refractivity contribution in [2.45, 2.75) is 38.3 Å². The van der Waals surface area contributed by atoms with Crippen LogP contribution in [0.2, 0.25) is 0 Å². The molecule has 2 aliphatic heterocycles. The number of carbonyl (C=O) groups excluding carboxylic acids is 1. The Kier molecular flexibility index (Phi) is 3.82. The summed E-state index contributed by atoms with van der Waals surface area (Å²) < 4.78 is 0. The highest BCUT2D eigenvalue weighted by molar-refractivity contribution is 5.84. The summed E-state index contributed by atoms with van der Waals surface area (Å²) in [6.07, 6.45) is 3.22. The number of hydrogen-bond donors (Lipinski definition) is 1. The Morgan fingerprint density at radius 2 is 2.19 bits per heavy atom. The number of amides is 1. The molecule has 0 bridgehead atoms. The molecule has 0 aromatic heterocycles. The van der Waals surface area contributed by atoms with Crippen LogP contribution in [0, 0.1) is 0 Å². The Bertz CT molecular complexity index is 257. The Morgan fingerprint density at radius 3 is 2.81 bits per heavy atom. The van der Waals surface area contributed by atoms with Crippen molar-refractivity contribution in [3.05, 3.63) is 0 Å². The molecule has 2 heterocycles. The largest absolute Gasteiger partial charge is 0.337 e. The van der Waals surface area contributed by atoms with Crippen LogP contribution in [0.25, 0.3) is 0 Å². The van der Waals surface area contributed by atoms with Crippen LogP contribution < -0.4 is 5.32 Å². The summed E-state index contributed by atoms with van der Waals surface area (Å²) >= 11 is 0. The molecule has 92 valence electrons. The van der Waals surface area contributed by atoms with E-state index in [1.807, 2.05) is 0 Å². The number of nitrogens with zero attached hydrogens (tertiary/aromatic N) is 2. The number of hydrogen-bond acceptors (Lipinski definition) is 3. The van der Waals surface area contributed by atoms with Gasteiger partial charge < -0.3 is 15.1 Å². The fourth-order valence-electron chi connectivity index (χ4n) is 2.74. The third kappa shape index (κ3) is 2.38. The van der Waals surface area contributed by atoms with Crippen LogP contribution in [0.5, 0.6) is 0 Å². The molecule has 0 aromatic carbocycles. The quantitative estimate of drug-likeness (QED) is 0.747. The van der Waals surface area contributed by atoms with Gasteiger partial charge in [0.15, 0.2) is 0 Å². The fourth-order valence-corrected chi connectivity index (χ4v) is 2.74. The van der Waals surface area contributed by atoms with Gasteiger partial charge in [-0.15, -0.1) is 0 Å². The van der Waals surface area contributed by atoms with Crippen molar-refractivity contribution in [3.8, 4) is 0 Å². The van der Waals surface area contributed by atoms with Gasteiger partial charge in [-0.1, -0.05) is 6.92 Å². The van der Waals surface area contributed by atoms with E-state index in [4.69, 9.17) is 0 Å². The van der Waals surface area contributed by atoms with E-state index in [0.29, 0.717) is 11.9 Å². The average Bonchev–Trinajstić information content (AvgIpc) is 2.83. The Hall–Kier alpha value is -0.610. The zero-order valence-electron chi connectivity index (χ0n) is 10.4. The van der Waals surface area contributed by atoms with Crippen LogP contribution in [0.3, 0.4) is 0 Å². The molecule has 0 spiro atoms. The van der Waals surface area contributed by atoms with E-state index in [9.17, 15) is 4.79 Å². The molecule has 0 aliphatic carbocycles. The first-order chi connectivity index (χ1) is 7.72. The number of likely N-dealkylation sites (tertiary alicyclic amines) is 2. The first kappa shape index (κ1) is 11.9. The van der Waals surface area contributed by atoms with Crippen LogP contribution >= 0.6 is 0 Å². The molecule has 2 unspecified atom stereocenters. The van der Waals surface area contributed by atoms with Crippen LogP contribution in [-0.2, 0) is 4.79 Å². The summed E-state index contributed by atoms with van der Waals surface area (Å²) in [4.78, 5) is 16.6. The standard InChI is InChI=1S/C12H23N3O/c1-3-6-13-11-5-8-15(12(11)16)10-4-7-14(2)9-10/h10-11,13H,3-9H2,1-2H3. The minimum atomic E-state index is 0.0888. The van der Waals surface area contributed by atoms with Crippen LogP contribution in [0.4, 0.5) is 0 Å². The van der Waals surface area contributed by atoms with Crippen LogP contribution in [0.15, 0.2) is 0 Å². The number of carbonyl (C=O) groups is 1. The van der Waals surface area contributed by atoms with Crippen molar-refractivity contribution in [3.63, 3.8) is 0 Å². The van der Waals surface area contributed by atoms with E-state index in [0.717, 1.165) is 45.4 Å². The topological polar surface area (TPSA) is 35.6 Å². The molecule has 2 fully saturated rings. The van der Waals surface area contributed by atoms with Gasteiger partial charge in [0, 0.05) is 19.1 Å². The van der Waals surface area contributed by atoms with Gasteiger partial charge in [0.05, 0.1) is 6.04 Å². The second-order valence-corrected chi connectivity index (χ2v) is 5.03. The monoisotopic (exact) mass is 225 g/mol. The van der Waals surface area contributed by atoms with Gasteiger partial charge in [-0.3, -0.25) is 4.79 Å². The van der Waals surface area contributed by atoms with E-state index in [1.165, 1.54) is 0 Å². The van der Waals surface area contributed by atoms with Crippen molar-refractivity contribution in [1.82, 2.24) is 15.1 Å². The van der Waals surface area contributed by atoms with E-state index in [1.54, 1.807) is 0 Å². The molecule has 2 aliphatic rings. The third-order valence-electron chi connectivity index (χ3n) is 3.69. The van der Waals surface area contributed by atoms with E-state index in [-0.39, 0.29) is 6.04 Å². The van der Waals surface area contributed by atoms with E-state index < -0.39 is 0 Å². The first-order valence-corrected chi connectivity index (χ1v) is 6.44. The normalized spacial score (nSPS) is 31.6. The van der Waals surface area contributed by atoms with Gasteiger partial charge in [0.25, 0.3) is 0 Å². The molecule has 0 aromatic rings. The van der Waals surface area contributed by atoms with Gasteiger partial charge in [-0.2, -0.15) is 0 Å². The van der Waals surface area contributed by atoms with E-state index in [2.05, 4.69) is 29.1 Å². The van der Waals surface area contributed by atoms with Gasteiger partial charge in [0.2, 0.25) is 5.91 Å². The Balaban J connectivity index is 1.86. The molecule has 0 saturated carbocycles. The summed E-state index contributed by atoms with van der Waals surface area (Å²) in [5, 5.41) is 3.34. The zero-order valence-corrected chi connectivity index (χ0v) is 10.4. The summed E-state index contributed by atoms with van der Waals surface area (Å²) in [5.74, 6) is 0.328. The lowest BCUT2D eigenvalue weighted by Crippen LogP contribution is -2.43. The average molecular weight is 225 g/mol. The van der Waals surface area contributed by atoms with Gasteiger partial charge >= 0.3 is 0 Å². The van der Waals surface area contributed by atoms with Gasteiger partial charge in [0.1, 0.15) is 0 Å². The summed E-state index contributed by atoms with van der Waals surface area (Å²) in [6.45, 7) is 6.21.